The molecule has 2 N–H and O–H groups in total. The molecule has 0 saturated heterocycles. The molecule has 1 fully saturated rings. The summed E-state index contributed by atoms with van der Waals surface area (Å²) in [5.41, 5.74) is 0. The number of aromatic nitrogens is 1. The average Bonchev–Trinajstić information content (AvgIpc) is 2.49. The van der Waals surface area contributed by atoms with Gasteiger partial charge in [0.15, 0.2) is 0 Å². The van der Waals surface area contributed by atoms with E-state index < -0.39 is 10.0 Å². The lowest BCUT2D eigenvalue weighted by Crippen LogP contribution is -2.41. The van der Waals surface area contributed by atoms with Crippen molar-refractivity contribution in [3.63, 3.8) is 0 Å². The number of hydrogen-bond acceptors (Lipinski definition) is 4. The van der Waals surface area contributed by atoms with Gasteiger partial charge in [-0.3, -0.25) is 4.98 Å². The molecular weight excluding hydrogens is 310 g/mol. The molecule has 1 atom stereocenters. The van der Waals surface area contributed by atoms with Crippen LogP contribution in [0.15, 0.2) is 41.6 Å². The molecule has 1 aliphatic rings. The molecule has 0 radical (unpaired) electrons. The number of benzene rings is 1. The van der Waals surface area contributed by atoms with Gasteiger partial charge in [-0.25, -0.2) is 13.1 Å². The van der Waals surface area contributed by atoms with Crippen molar-refractivity contribution in [2.24, 2.45) is 5.92 Å². The van der Waals surface area contributed by atoms with E-state index in [9.17, 15) is 8.42 Å². The first kappa shape index (κ1) is 16.4. The SMILES string of the molecule is C[C@H](CNCC1CCC1)NS(=O)(=O)c1ccc2cnccc2c1. The molecule has 1 saturated carbocycles. The predicted octanol–water partition coefficient (Wildman–Crippen LogP) is 2.29. The first-order valence-electron chi connectivity index (χ1n) is 8.11. The topological polar surface area (TPSA) is 71.1 Å². The van der Waals surface area contributed by atoms with Crippen molar-refractivity contribution >= 4 is 20.8 Å². The molecule has 0 unspecified atom stereocenters. The van der Waals surface area contributed by atoms with Gasteiger partial charge in [0.1, 0.15) is 0 Å². The Labute approximate surface area is 137 Å². The lowest BCUT2D eigenvalue weighted by atomic mass is 9.85. The zero-order chi connectivity index (χ0) is 16.3. The minimum absolute atomic E-state index is 0.145. The number of hydrogen-bond donors (Lipinski definition) is 2. The van der Waals surface area contributed by atoms with Gasteiger partial charge in [-0.05, 0) is 55.8 Å². The molecule has 0 amide bonds. The van der Waals surface area contributed by atoms with Crippen LogP contribution in [0.2, 0.25) is 0 Å². The third-order valence-electron chi connectivity index (χ3n) is 4.39. The zero-order valence-electron chi connectivity index (χ0n) is 13.3. The summed E-state index contributed by atoms with van der Waals surface area (Å²) in [6, 6.07) is 6.77. The molecule has 6 heteroatoms. The van der Waals surface area contributed by atoms with E-state index in [0.29, 0.717) is 11.4 Å². The minimum atomic E-state index is -3.50. The average molecular weight is 333 g/mol. The fraction of sp³-hybridized carbons (Fsp3) is 0.471. The highest BCUT2D eigenvalue weighted by Gasteiger charge is 2.19. The third kappa shape index (κ3) is 4.07. The number of rotatable bonds is 7. The molecule has 5 nitrogen and oxygen atoms in total. The highest BCUT2D eigenvalue weighted by Crippen LogP contribution is 2.25. The van der Waals surface area contributed by atoms with Gasteiger partial charge in [0.25, 0.3) is 0 Å². The number of nitrogens with zero attached hydrogens (tertiary/aromatic N) is 1. The maximum Gasteiger partial charge on any atom is 0.240 e. The van der Waals surface area contributed by atoms with Crippen molar-refractivity contribution in [1.82, 2.24) is 15.0 Å². The Bertz CT molecular complexity index is 772. The van der Waals surface area contributed by atoms with E-state index in [1.165, 1.54) is 19.3 Å². The molecule has 0 spiro atoms. The fourth-order valence-corrected chi connectivity index (χ4v) is 4.08. The third-order valence-corrected chi connectivity index (χ3v) is 5.97. The molecule has 0 aliphatic heterocycles. The van der Waals surface area contributed by atoms with Crippen molar-refractivity contribution in [1.29, 1.82) is 0 Å². The quantitative estimate of drug-likeness (QED) is 0.815. The van der Waals surface area contributed by atoms with E-state index in [1.54, 1.807) is 30.6 Å². The number of sulfonamides is 1. The van der Waals surface area contributed by atoms with Gasteiger partial charge in [0.05, 0.1) is 4.90 Å². The standard InChI is InChI=1S/C17H23N3O2S/c1-13(10-19-11-14-3-2-4-14)20-23(21,22)17-6-5-16-12-18-8-7-15(16)9-17/h5-9,12-14,19-20H,2-4,10-11H2,1H3/t13-/m1/s1. The molecule has 2 aromatic rings. The van der Waals surface area contributed by atoms with Crippen molar-refractivity contribution in [2.75, 3.05) is 13.1 Å². The van der Waals surface area contributed by atoms with Crippen LogP contribution in [-0.2, 0) is 10.0 Å². The summed E-state index contributed by atoms with van der Waals surface area (Å²) in [7, 11) is -3.50. The molecule has 1 heterocycles. The summed E-state index contributed by atoms with van der Waals surface area (Å²) in [6.45, 7) is 3.51. The lowest BCUT2D eigenvalue weighted by Gasteiger charge is -2.26. The van der Waals surface area contributed by atoms with Gasteiger partial charge in [-0.15, -0.1) is 0 Å². The Morgan fingerprint density at radius 3 is 2.83 bits per heavy atom. The maximum atomic E-state index is 12.5. The number of fused-ring (bicyclic) bond motifs is 1. The minimum Gasteiger partial charge on any atom is -0.315 e. The maximum absolute atomic E-state index is 12.5. The molecule has 23 heavy (non-hydrogen) atoms. The monoisotopic (exact) mass is 333 g/mol. The molecular formula is C17H23N3O2S. The molecule has 124 valence electrons. The van der Waals surface area contributed by atoms with E-state index in [0.717, 1.165) is 23.2 Å². The van der Waals surface area contributed by atoms with Gasteiger partial charge in [-0.1, -0.05) is 12.5 Å². The van der Waals surface area contributed by atoms with E-state index in [1.807, 2.05) is 13.0 Å². The van der Waals surface area contributed by atoms with Crippen LogP contribution in [0.25, 0.3) is 10.8 Å². The number of nitrogens with one attached hydrogen (secondary N) is 2. The Hall–Kier alpha value is -1.50. The lowest BCUT2D eigenvalue weighted by molar-refractivity contribution is 0.299. The Morgan fingerprint density at radius 2 is 2.09 bits per heavy atom. The largest absolute Gasteiger partial charge is 0.315 e. The van der Waals surface area contributed by atoms with Gasteiger partial charge in [0.2, 0.25) is 10.0 Å². The summed E-state index contributed by atoms with van der Waals surface area (Å²) in [4.78, 5) is 4.33. The number of pyridine rings is 1. The second-order valence-electron chi connectivity index (χ2n) is 6.36. The van der Waals surface area contributed by atoms with E-state index in [2.05, 4.69) is 15.0 Å². The molecule has 1 aliphatic carbocycles. The van der Waals surface area contributed by atoms with Gasteiger partial charge < -0.3 is 5.32 Å². The smallest absolute Gasteiger partial charge is 0.240 e. The van der Waals surface area contributed by atoms with Crippen LogP contribution in [0.4, 0.5) is 0 Å². The highest BCUT2D eigenvalue weighted by atomic mass is 32.2. The summed E-state index contributed by atoms with van der Waals surface area (Å²) >= 11 is 0. The Kier molecular flexibility index (Phi) is 4.94. The highest BCUT2D eigenvalue weighted by molar-refractivity contribution is 7.89. The zero-order valence-corrected chi connectivity index (χ0v) is 14.1. The van der Waals surface area contributed by atoms with Crippen molar-refractivity contribution in [3.05, 3.63) is 36.7 Å². The second kappa shape index (κ2) is 6.95. The Balaban J connectivity index is 1.62. The molecule has 1 aromatic carbocycles. The predicted molar refractivity (Wildman–Crippen MR) is 91.7 cm³/mol. The van der Waals surface area contributed by atoms with Crippen molar-refractivity contribution in [2.45, 2.75) is 37.1 Å². The van der Waals surface area contributed by atoms with Crippen molar-refractivity contribution < 1.29 is 8.42 Å². The normalized spacial score (nSPS) is 17.1. The fourth-order valence-electron chi connectivity index (χ4n) is 2.80. The van der Waals surface area contributed by atoms with E-state index in [-0.39, 0.29) is 6.04 Å². The summed E-state index contributed by atoms with van der Waals surface area (Å²) < 4.78 is 27.7. The van der Waals surface area contributed by atoms with Gasteiger partial charge >= 0.3 is 0 Å². The van der Waals surface area contributed by atoms with Gasteiger partial charge in [0, 0.05) is 30.4 Å². The van der Waals surface area contributed by atoms with Crippen LogP contribution >= 0.6 is 0 Å². The Morgan fingerprint density at radius 1 is 1.26 bits per heavy atom. The summed E-state index contributed by atoms with van der Waals surface area (Å²) in [5.74, 6) is 0.771. The van der Waals surface area contributed by atoms with Crippen LogP contribution in [0, 0.1) is 5.92 Å². The first-order valence-corrected chi connectivity index (χ1v) is 9.60. The van der Waals surface area contributed by atoms with Crippen LogP contribution in [0.5, 0.6) is 0 Å². The first-order chi connectivity index (χ1) is 11.0. The van der Waals surface area contributed by atoms with Crippen LogP contribution in [0.3, 0.4) is 0 Å². The van der Waals surface area contributed by atoms with Gasteiger partial charge in [-0.2, -0.15) is 0 Å². The summed E-state index contributed by atoms with van der Waals surface area (Å²) in [6.07, 6.45) is 7.30. The van der Waals surface area contributed by atoms with E-state index >= 15 is 0 Å². The molecule has 1 aromatic heterocycles. The van der Waals surface area contributed by atoms with Crippen LogP contribution in [0.1, 0.15) is 26.2 Å². The van der Waals surface area contributed by atoms with E-state index in [4.69, 9.17) is 0 Å². The summed E-state index contributed by atoms with van der Waals surface area (Å²) in [5, 5.41) is 5.16. The van der Waals surface area contributed by atoms with Crippen LogP contribution in [-0.4, -0.2) is 32.5 Å². The van der Waals surface area contributed by atoms with Crippen molar-refractivity contribution in [3.8, 4) is 0 Å². The molecule has 3 rings (SSSR count). The van der Waals surface area contributed by atoms with Crippen LogP contribution < -0.4 is 10.0 Å². The second-order valence-corrected chi connectivity index (χ2v) is 8.08. The molecule has 0 bridgehead atoms.